The summed E-state index contributed by atoms with van der Waals surface area (Å²) < 4.78 is 0. The van der Waals surface area contributed by atoms with Crippen molar-refractivity contribution in [3.8, 4) is 0 Å². The van der Waals surface area contributed by atoms with Crippen molar-refractivity contribution in [2.24, 2.45) is 5.84 Å². The van der Waals surface area contributed by atoms with Crippen LogP contribution in [0.15, 0.2) is 42.6 Å². The smallest absolute Gasteiger partial charge is 0.0711 e. The van der Waals surface area contributed by atoms with E-state index in [0.717, 1.165) is 17.2 Å². The van der Waals surface area contributed by atoms with Gasteiger partial charge in [0.15, 0.2) is 0 Å². The highest BCUT2D eigenvalue weighted by Crippen LogP contribution is 2.37. The Kier molecular flexibility index (Phi) is 3.81. The number of rotatable bonds is 4. The SMILES string of the molecule is Cc1cc(C(NN)c2cccc(C3CCC3)c2)ccn1. The molecule has 1 fully saturated rings. The predicted octanol–water partition coefficient (Wildman–Crippen LogP) is 3.21. The van der Waals surface area contributed by atoms with E-state index >= 15 is 0 Å². The molecule has 1 aliphatic carbocycles. The van der Waals surface area contributed by atoms with Gasteiger partial charge in [0.05, 0.1) is 6.04 Å². The van der Waals surface area contributed by atoms with E-state index in [2.05, 4.69) is 40.7 Å². The molecule has 20 heavy (non-hydrogen) atoms. The number of aromatic nitrogens is 1. The van der Waals surface area contributed by atoms with Gasteiger partial charge in [-0.3, -0.25) is 10.8 Å². The molecule has 0 radical (unpaired) electrons. The fourth-order valence-electron chi connectivity index (χ4n) is 2.87. The number of hydrogen-bond donors (Lipinski definition) is 2. The monoisotopic (exact) mass is 267 g/mol. The average Bonchev–Trinajstić information content (AvgIpc) is 2.38. The molecule has 3 nitrogen and oxygen atoms in total. The van der Waals surface area contributed by atoms with Gasteiger partial charge in [-0.1, -0.05) is 30.7 Å². The largest absolute Gasteiger partial charge is 0.271 e. The second-order valence-corrected chi connectivity index (χ2v) is 5.63. The van der Waals surface area contributed by atoms with Crippen molar-refractivity contribution in [3.05, 3.63) is 65.0 Å². The summed E-state index contributed by atoms with van der Waals surface area (Å²) >= 11 is 0. The van der Waals surface area contributed by atoms with Crippen LogP contribution in [0, 0.1) is 6.92 Å². The van der Waals surface area contributed by atoms with Crippen LogP contribution in [0.3, 0.4) is 0 Å². The zero-order valence-electron chi connectivity index (χ0n) is 11.8. The Labute approximate surface area is 120 Å². The van der Waals surface area contributed by atoms with Crippen LogP contribution >= 0.6 is 0 Å². The van der Waals surface area contributed by atoms with E-state index in [1.807, 2.05) is 19.2 Å². The van der Waals surface area contributed by atoms with E-state index < -0.39 is 0 Å². The first-order valence-corrected chi connectivity index (χ1v) is 7.26. The van der Waals surface area contributed by atoms with E-state index in [0.29, 0.717) is 0 Å². The molecule has 1 unspecified atom stereocenters. The molecule has 3 N–H and O–H groups in total. The van der Waals surface area contributed by atoms with Crippen molar-refractivity contribution >= 4 is 0 Å². The first kappa shape index (κ1) is 13.3. The first-order chi connectivity index (χ1) is 9.78. The molecule has 104 valence electrons. The lowest BCUT2D eigenvalue weighted by Crippen LogP contribution is -2.29. The molecule has 2 aromatic rings. The molecule has 0 bridgehead atoms. The van der Waals surface area contributed by atoms with Crippen molar-refractivity contribution < 1.29 is 0 Å². The minimum absolute atomic E-state index is 0.0247. The summed E-state index contributed by atoms with van der Waals surface area (Å²) in [6.07, 6.45) is 5.83. The molecule has 1 aliphatic rings. The molecule has 1 saturated carbocycles. The van der Waals surface area contributed by atoms with Crippen LogP contribution in [-0.2, 0) is 0 Å². The van der Waals surface area contributed by atoms with Gasteiger partial charge < -0.3 is 0 Å². The summed E-state index contributed by atoms with van der Waals surface area (Å²) in [6, 6.07) is 12.9. The molecule has 1 aromatic carbocycles. The second-order valence-electron chi connectivity index (χ2n) is 5.63. The lowest BCUT2D eigenvalue weighted by atomic mass is 9.79. The van der Waals surface area contributed by atoms with Crippen LogP contribution in [0.25, 0.3) is 0 Å². The molecular formula is C17H21N3. The molecule has 1 heterocycles. The second kappa shape index (κ2) is 5.73. The van der Waals surface area contributed by atoms with Crippen LogP contribution in [-0.4, -0.2) is 4.98 Å². The molecule has 0 aliphatic heterocycles. The minimum Gasteiger partial charge on any atom is -0.271 e. The minimum atomic E-state index is 0.0247. The van der Waals surface area contributed by atoms with Gasteiger partial charge in [-0.2, -0.15) is 0 Å². The third kappa shape index (κ3) is 2.60. The lowest BCUT2D eigenvalue weighted by Gasteiger charge is -2.27. The predicted molar refractivity (Wildman–Crippen MR) is 81.2 cm³/mol. The van der Waals surface area contributed by atoms with E-state index in [-0.39, 0.29) is 6.04 Å². The van der Waals surface area contributed by atoms with Gasteiger partial charge in [-0.15, -0.1) is 0 Å². The van der Waals surface area contributed by atoms with Crippen LogP contribution in [0.2, 0.25) is 0 Å². The average molecular weight is 267 g/mol. The maximum Gasteiger partial charge on any atom is 0.0711 e. The summed E-state index contributed by atoms with van der Waals surface area (Å²) in [6.45, 7) is 2.00. The molecule has 0 saturated heterocycles. The van der Waals surface area contributed by atoms with Gasteiger partial charge in [-0.05, 0) is 54.5 Å². The number of benzene rings is 1. The topological polar surface area (TPSA) is 50.9 Å². The molecular weight excluding hydrogens is 246 g/mol. The van der Waals surface area contributed by atoms with Crippen LogP contribution < -0.4 is 11.3 Å². The summed E-state index contributed by atoms with van der Waals surface area (Å²) in [5.41, 5.74) is 7.78. The van der Waals surface area contributed by atoms with Gasteiger partial charge in [0, 0.05) is 11.9 Å². The van der Waals surface area contributed by atoms with Crippen molar-refractivity contribution in [2.75, 3.05) is 0 Å². The van der Waals surface area contributed by atoms with E-state index in [1.54, 1.807) is 0 Å². The van der Waals surface area contributed by atoms with E-state index in [1.165, 1.54) is 30.4 Å². The highest BCUT2D eigenvalue weighted by molar-refractivity contribution is 5.35. The Morgan fingerprint density at radius 3 is 2.65 bits per heavy atom. The van der Waals surface area contributed by atoms with Crippen molar-refractivity contribution in [1.29, 1.82) is 0 Å². The van der Waals surface area contributed by atoms with Crippen LogP contribution in [0.5, 0.6) is 0 Å². The highest BCUT2D eigenvalue weighted by atomic mass is 15.2. The fourth-order valence-corrected chi connectivity index (χ4v) is 2.87. The van der Waals surface area contributed by atoms with Crippen LogP contribution in [0.1, 0.15) is 53.6 Å². The summed E-state index contributed by atoms with van der Waals surface area (Å²) in [5, 5.41) is 0. The van der Waals surface area contributed by atoms with Gasteiger partial charge in [0.2, 0.25) is 0 Å². The Hall–Kier alpha value is -1.71. The number of nitrogens with zero attached hydrogens (tertiary/aromatic N) is 1. The quantitative estimate of drug-likeness (QED) is 0.660. The van der Waals surface area contributed by atoms with E-state index in [4.69, 9.17) is 5.84 Å². The summed E-state index contributed by atoms with van der Waals surface area (Å²) in [7, 11) is 0. The third-order valence-corrected chi connectivity index (χ3v) is 4.24. The van der Waals surface area contributed by atoms with Crippen LogP contribution in [0.4, 0.5) is 0 Å². The third-order valence-electron chi connectivity index (χ3n) is 4.24. The molecule has 3 rings (SSSR count). The number of nitrogens with two attached hydrogens (primary N) is 1. The fraction of sp³-hybridized carbons (Fsp3) is 0.353. The zero-order valence-corrected chi connectivity index (χ0v) is 11.8. The molecule has 0 spiro atoms. The zero-order chi connectivity index (χ0) is 13.9. The summed E-state index contributed by atoms with van der Waals surface area (Å²) in [5.74, 6) is 6.53. The van der Waals surface area contributed by atoms with Gasteiger partial charge in [0.1, 0.15) is 0 Å². The number of hydrazine groups is 1. The number of aryl methyl sites for hydroxylation is 1. The molecule has 0 amide bonds. The maximum absolute atomic E-state index is 5.79. The van der Waals surface area contributed by atoms with Crippen molar-refractivity contribution in [3.63, 3.8) is 0 Å². The van der Waals surface area contributed by atoms with Crippen molar-refractivity contribution in [2.45, 2.75) is 38.1 Å². The molecule has 3 heteroatoms. The van der Waals surface area contributed by atoms with Gasteiger partial charge in [-0.25, -0.2) is 5.43 Å². The Bertz CT molecular complexity index is 590. The molecule has 1 aromatic heterocycles. The Balaban J connectivity index is 1.92. The van der Waals surface area contributed by atoms with Crippen molar-refractivity contribution in [1.82, 2.24) is 10.4 Å². The standard InChI is InChI=1S/C17H21N3/c1-12-10-16(8-9-19-12)17(20-18)15-7-3-6-14(11-15)13-4-2-5-13/h3,6-11,13,17,20H,2,4-5,18H2,1H3. The normalized spacial score (nSPS) is 16.7. The van der Waals surface area contributed by atoms with Gasteiger partial charge >= 0.3 is 0 Å². The molecule has 1 atom stereocenters. The Morgan fingerprint density at radius 2 is 2.00 bits per heavy atom. The lowest BCUT2D eigenvalue weighted by molar-refractivity contribution is 0.419. The Morgan fingerprint density at radius 1 is 1.20 bits per heavy atom. The van der Waals surface area contributed by atoms with E-state index in [9.17, 15) is 0 Å². The number of nitrogens with one attached hydrogen (secondary N) is 1. The van der Waals surface area contributed by atoms with Gasteiger partial charge in [0.25, 0.3) is 0 Å². The first-order valence-electron chi connectivity index (χ1n) is 7.26. The number of pyridine rings is 1. The number of hydrogen-bond acceptors (Lipinski definition) is 3. The highest BCUT2D eigenvalue weighted by Gasteiger charge is 2.21. The summed E-state index contributed by atoms with van der Waals surface area (Å²) in [4.78, 5) is 4.25. The maximum atomic E-state index is 5.79.